The Balaban J connectivity index is 1.47. The van der Waals surface area contributed by atoms with Gasteiger partial charge in [-0.3, -0.25) is 9.58 Å². The number of halogens is 1. The molecular formula is C23H29FN6O. The molecule has 4 rings (SSSR count). The third kappa shape index (κ3) is 5.08. The molecule has 3 heterocycles. The minimum absolute atomic E-state index is 0.192. The van der Waals surface area contributed by atoms with E-state index in [-0.39, 0.29) is 18.3 Å². The summed E-state index contributed by atoms with van der Waals surface area (Å²) in [5.74, 6) is -0.115. The van der Waals surface area contributed by atoms with Gasteiger partial charge < -0.3 is 10.4 Å². The lowest BCUT2D eigenvalue weighted by molar-refractivity contribution is 0.229. The Kier molecular flexibility index (Phi) is 6.58. The number of hydrogen-bond acceptors (Lipinski definition) is 6. The monoisotopic (exact) mass is 424 g/mol. The number of anilines is 2. The van der Waals surface area contributed by atoms with Crippen molar-refractivity contribution in [2.45, 2.75) is 45.7 Å². The Labute approximate surface area is 182 Å². The van der Waals surface area contributed by atoms with Crippen molar-refractivity contribution in [2.75, 3.05) is 25.0 Å². The Bertz CT molecular complexity index is 1030. The topological polar surface area (TPSA) is 79.1 Å². The minimum Gasteiger partial charge on any atom is -0.396 e. The number of aliphatic hydroxyl groups is 1. The summed E-state index contributed by atoms with van der Waals surface area (Å²) in [5.41, 5.74) is 4.39. The van der Waals surface area contributed by atoms with Crippen molar-refractivity contribution in [3.8, 4) is 11.3 Å². The molecule has 0 saturated heterocycles. The van der Waals surface area contributed by atoms with E-state index in [0.717, 1.165) is 44.6 Å². The van der Waals surface area contributed by atoms with Crippen LogP contribution in [-0.4, -0.2) is 49.5 Å². The highest BCUT2D eigenvalue weighted by Gasteiger charge is 2.17. The third-order valence-electron chi connectivity index (χ3n) is 5.58. The van der Waals surface area contributed by atoms with Crippen LogP contribution in [0.4, 0.5) is 16.0 Å². The zero-order valence-electron chi connectivity index (χ0n) is 18.1. The van der Waals surface area contributed by atoms with Gasteiger partial charge in [0.05, 0.1) is 12.4 Å². The fraction of sp³-hybridized carbons (Fsp3) is 0.435. The van der Waals surface area contributed by atoms with Crippen LogP contribution in [0.25, 0.3) is 11.3 Å². The largest absolute Gasteiger partial charge is 0.396 e. The van der Waals surface area contributed by atoms with E-state index in [0.29, 0.717) is 11.5 Å². The van der Waals surface area contributed by atoms with Crippen LogP contribution < -0.4 is 5.32 Å². The quantitative estimate of drug-likeness (QED) is 0.534. The molecule has 7 nitrogen and oxygen atoms in total. The average Bonchev–Trinajstić information content (AvgIpc) is 3.26. The second-order valence-corrected chi connectivity index (χ2v) is 8.26. The Morgan fingerprint density at radius 1 is 1.19 bits per heavy atom. The van der Waals surface area contributed by atoms with Crippen molar-refractivity contribution in [3.63, 3.8) is 0 Å². The standard InChI is InChI=1S/C23H29FN6O/c1-16(2)30-15-19(12-26-30)22-21(24)13-25-23(28-22)27-20-6-5-18-14-29(8-3-4-10-31)9-7-17(18)11-20/h5-6,11-13,15-16,31H,3-4,7-10,14H2,1-2H3,(H,25,27,28). The Hall–Kier alpha value is -2.84. The van der Waals surface area contributed by atoms with Gasteiger partial charge in [-0.25, -0.2) is 14.4 Å². The van der Waals surface area contributed by atoms with Gasteiger partial charge in [0.25, 0.3) is 0 Å². The van der Waals surface area contributed by atoms with Gasteiger partial charge in [-0.1, -0.05) is 6.07 Å². The molecule has 2 N–H and O–H groups in total. The summed E-state index contributed by atoms with van der Waals surface area (Å²) in [6, 6.07) is 6.47. The van der Waals surface area contributed by atoms with Gasteiger partial charge in [0.15, 0.2) is 5.82 Å². The van der Waals surface area contributed by atoms with E-state index in [1.54, 1.807) is 17.1 Å². The molecule has 1 aliphatic heterocycles. The molecule has 0 radical (unpaired) electrons. The van der Waals surface area contributed by atoms with Crippen molar-refractivity contribution < 1.29 is 9.50 Å². The van der Waals surface area contributed by atoms with Crippen LogP contribution >= 0.6 is 0 Å². The number of aliphatic hydroxyl groups excluding tert-OH is 1. The van der Waals surface area contributed by atoms with Gasteiger partial charge in [-0.05, 0) is 62.9 Å². The van der Waals surface area contributed by atoms with E-state index in [9.17, 15) is 4.39 Å². The van der Waals surface area contributed by atoms with Crippen LogP contribution in [0.5, 0.6) is 0 Å². The number of aromatic nitrogens is 4. The summed E-state index contributed by atoms with van der Waals surface area (Å²) in [4.78, 5) is 10.9. The van der Waals surface area contributed by atoms with Gasteiger partial charge in [0.1, 0.15) is 5.69 Å². The highest BCUT2D eigenvalue weighted by molar-refractivity contribution is 5.62. The maximum absolute atomic E-state index is 14.4. The highest BCUT2D eigenvalue weighted by atomic mass is 19.1. The Morgan fingerprint density at radius 2 is 2.06 bits per heavy atom. The predicted octanol–water partition coefficient (Wildman–Crippen LogP) is 3.93. The van der Waals surface area contributed by atoms with Crippen molar-refractivity contribution in [2.24, 2.45) is 0 Å². The molecule has 1 aromatic carbocycles. The molecule has 0 unspecified atom stereocenters. The first kappa shape index (κ1) is 21.4. The molecule has 1 aliphatic rings. The van der Waals surface area contributed by atoms with E-state index in [2.05, 4.69) is 37.4 Å². The molecule has 0 amide bonds. The zero-order valence-corrected chi connectivity index (χ0v) is 18.1. The second kappa shape index (κ2) is 9.53. The molecule has 0 fully saturated rings. The third-order valence-corrected chi connectivity index (χ3v) is 5.58. The number of rotatable bonds is 8. The predicted molar refractivity (Wildman–Crippen MR) is 119 cm³/mol. The van der Waals surface area contributed by atoms with Crippen LogP contribution in [0.3, 0.4) is 0 Å². The lowest BCUT2D eigenvalue weighted by Crippen LogP contribution is -2.31. The van der Waals surface area contributed by atoms with Gasteiger partial charge in [0.2, 0.25) is 5.95 Å². The number of unbranched alkanes of at least 4 members (excludes halogenated alkanes) is 1. The molecular weight excluding hydrogens is 395 g/mol. The zero-order chi connectivity index (χ0) is 21.8. The summed E-state index contributed by atoms with van der Waals surface area (Å²) >= 11 is 0. The van der Waals surface area contributed by atoms with Crippen LogP contribution in [0.1, 0.15) is 43.9 Å². The first-order valence-corrected chi connectivity index (χ1v) is 10.8. The van der Waals surface area contributed by atoms with Crippen LogP contribution in [0.15, 0.2) is 36.8 Å². The molecule has 2 aromatic heterocycles. The number of fused-ring (bicyclic) bond motifs is 1. The smallest absolute Gasteiger partial charge is 0.227 e. The molecule has 31 heavy (non-hydrogen) atoms. The first-order valence-electron chi connectivity index (χ1n) is 10.8. The highest BCUT2D eigenvalue weighted by Crippen LogP contribution is 2.26. The van der Waals surface area contributed by atoms with Crippen molar-refractivity contribution in [3.05, 3.63) is 53.7 Å². The van der Waals surface area contributed by atoms with Crippen LogP contribution in [-0.2, 0) is 13.0 Å². The molecule has 3 aromatic rings. The van der Waals surface area contributed by atoms with E-state index in [1.165, 1.54) is 17.3 Å². The van der Waals surface area contributed by atoms with Crippen molar-refractivity contribution in [1.82, 2.24) is 24.6 Å². The fourth-order valence-electron chi connectivity index (χ4n) is 3.83. The SMILES string of the molecule is CC(C)n1cc(-c2nc(Nc3ccc4c(c3)CCN(CCCCO)C4)ncc2F)cn1. The Morgan fingerprint density at radius 3 is 2.84 bits per heavy atom. The number of nitrogens with zero attached hydrogens (tertiary/aromatic N) is 5. The van der Waals surface area contributed by atoms with E-state index < -0.39 is 5.82 Å². The van der Waals surface area contributed by atoms with Gasteiger partial charge >= 0.3 is 0 Å². The van der Waals surface area contributed by atoms with Crippen molar-refractivity contribution in [1.29, 1.82) is 0 Å². The van der Waals surface area contributed by atoms with Crippen LogP contribution in [0.2, 0.25) is 0 Å². The minimum atomic E-state index is -0.472. The lowest BCUT2D eigenvalue weighted by atomic mass is 9.99. The number of nitrogens with one attached hydrogen (secondary N) is 1. The molecule has 0 atom stereocenters. The first-order chi connectivity index (χ1) is 15.0. The lowest BCUT2D eigenvalue weighted by Gasteiger charge is -2.29. The van der Waals surface area contributed by atoms with E-state index >= 15 is 0 Å². The summed E-state index contributed by atoms with van der Waals surface area (Å²) in [7, 11) is 0. The molecule has 164 valence electrons. The van der Waals surface area contributed by atoms with Gasteiger partial charge in [0, 0.05) is 43.2 Å². The molecule has 0 aliphatic carbocycles. The molecule has 0 spiro atoms. The maximum atomic E-state index is 14.4. The van der Waals surface area contributed by atoms with Crippen molar-refractivity contribution >= 4 is 11.6 Å². The van der Waals surface area contributed by atoms with Gasteiger partial charge in [-0.2, -0.15) is 5.10 Å². The summed E-state index contributed by atoms with van der Waals surface area (Å²) in [5, 5.41) is 16.5. The summed E-state index contributed by atoms with van der Waals surface area (Å²) < 4.78 is 16.1. The summed E-state index contributed by atoms with van der Waals surface area (Å²) in [6.45, 7) is 7.25. The van der Waals surface area contributed by atoms with Crippen LogP contribution in [0, 0.1) is 5.82 Å². The average molecular weight is 425 g/mol. The summed E-state index contributed by atoms with van der Waals surface area (Å²) in [6.07, 6.45) is 7.47. The maximum Gasteiger partial charge on any atom is 0.227 e. The second-order valence-electron chi connectivity index (χ2n) is 8.26. The van der Waals surface area contributed by atoms with Gasteiger partial charge in [-0.15, -0.1) is 0 Å². The molecule has 0 saturated carbocycles. The molecule has 0 bridgehead atoms. The number of hydrogen-bond donors (Lipinski definition) is 2. The fourth-order valence-corrected chi connectivity index (χ4v) is 3.83. The molecule has 8 heteroatoms. The van der Waals surface area contributed by atoms with E-state index in [1.807, 2.05) is 19.9 Å². The normalized spacial score (nSPS) is 14.1. The van der Waals surface area contributed by atoms with E-state index in [4.69, 9.17) is 5.11 Å². The number of benzene rings is 1.